The van der Waals surface area contributed by atoms with E-state index in [-0.39, 0.29) is 41.4 Å². The molecule has 3 N–H and O–H groups in total. The molecular formula is C48H54ClFN8O3S2. The minimum absolute atomic E-state index is 0.0907. The van der Waals surface area contributed by atoms with Gasteiger partial charge >= 0.3 is 0 Å². The third-order valence-electron chi connectivity index (χ3n) is 11.6. The first-order valence-corrected chi connectivity index (χ1v) is 22.8. The van der Waals surface area contributed by atoms with Crippen LogP contribution in [0.3, 0.4) is 0 Å². The zero-order chi connectivity index (χ0) is 45.2. The molecule has 0 saturated carbocycles. The van der Waals surface area contributed by atoms with Gasteiger partial charge in [0, 0.05) is 74.7 Å². The number of carbonyl (C=O) groups is 3. The van der Waals surface area contributed by atoms with Crippen molar-refractivity contribution in [1.29, 1.82) is 0 Å². The number of benzene rings is 2. The number of amides is 2. The van der Waals surface area contributed by atoms with E-state index in [9.17, 15) is 18.8 Å². The second-order valence-corrected chi connectivity index (χ2v) is 20.2. The molecule has 0 fully saturated rings. The van der Waals surface area contributed by atoms with E-state index < -0.39 is 12.2 Å². The number of aryl methyl sites for hydroxylation is 2. The van der Waals surface area contributed by atoms with Crippen LogP contribution in [-0.4, -0.2) is 75.4 Å². The van der Waals surface area contributed by atoms with Crippen molar-refractivity contribution in [2.24, 2.45) is 15.8 Å². The second kappa shape index (κ2) is 19.0. The predicted octanol–water partition coefficient (Wildman–Crippen LogP) is 9.40. The van der Waals surface area contributed by atoms with Crippen LogP contribution in [0, 0.1) is 31.6 Å². The van der Waals surface area contributed by atoms with Gasteiger partial charge in [-0.1, -0.05) is 69.7 Å². The number of ketones is 1. The number of rotatable bonds is 16. The molecule has 5 aromatic rings. The average Bonchev–Trinajstić information content (AvgIpc) is 3.71. The number of fused-ring (bicyclic) bond motifs is 4. The maximum Gasteiger partial charge on any atom is 0.251 e. The molecule has 1 aliphatic carbocycles. The Morgan fingerprint density at radius 1 is 1.00 bits per heavy atom. The van der Waals surface area contributed by atoms with Gasteiger partial charge in [-0.3, -0.25) is 28.9 Å². The van der Waals surface area contributed by atoms with Gasteiger partial charge in [0.1, 0.15) is 23.0 Å². The third-order valence-corrected chi connectivity index (χ3v) is 13.4. The summed E-state index contributed by atoms with van der Waals surface area (Å²) in [5.41, 5.74) is 5.80. The SMILES string of the molecule is Cc1sc2c(c1C)C(c1ccc(Cl)cc1)=N[C@@H](CC(=O)NCC(C)(C)CC(C)(C)CCNC(=O)c1cc(S)c3ncc(C(=O)CNCC4=CCC(F)C=C4)cc3c1)c1nnc(C)n1-2. The highest BCUT2D eigenvalue weighted by Crippen LogP contribution is 2.40. The van der Waals surface area contributed by atoms with E-state index in [2.05, 4.69) is 85.3 Å². The Bertz CT molecular complexity index is 2660. The summed E-state index contributed by atoms with van der Waals surface area (Å²) in [6.45, 7) is 16.2. The fourth-order valence-electron chi connectivity index (χ4n) is 8.49. The number of halogens is 2. The van der Waals surface area contributed by atoms with Gasteiger partial charge in [-0.05, 0) is 85.9 Å². The molecule has 7 rings (SSSR count). The van der Waals surface area contributed by atoms with E-state index in [4.69, 9.17) is 16.6 Å². The zero-order valence-corrected chi connectivity index (χ0v) is 39.2. The molecule has 3 aromatic heterocycles. The fraction of sp³-hybridized carbons (Fsp3) is 0.396. The Labute approximate surface area is 382 Å². The summed E-state index contributed by atoms with van der Waals surface area (Å²) in [4.78, 5) is 51.6. The summed E-state index contributed by atoms with van der Waals surface area (Å²) in [6, 6.07) is 12.2. The van der Waals surface area contributed by atoms with E-state index in [1.54, 1.807) is 35.6 Å². The predicted molar refractivity (Wildman–Crippen MR) is 253 cm³/mol. The van der Waals surface area contributed by atoms with Crippen LogP contribution >= 0.6 is 35.6 Å². The number of nitrogens with one attached hydrogen (secondary N) is 3. The van der Waals surface area contributed by atoms with E-state index >= 15 is 0 Å². The molecule has 0 radical (unpaired) electrons. The summed E-state index contributed by atoms with van der Waals surface area (Å²) in [5.74, 6) is 0.847. The minimum Gasteiger partial charge on any atom is -0.355 e. The molecule has 15 heteroatoms. The highest BCUT2D eigenvalue weighted by Gasteiger charge is 2.34. The number of allylic oxidation sites excluding steroid dienone is 2. The van der Waals surface area contributed by atoms with Crippen molar-refractivity contribution >= 4 is 69.8 Å². The number of Topliss-reactive ketones (excluding diaryl/α,β-unsaturated/α-hetero) is 1. The first kappa shape index (κ1) is 46.0. The first-order valence-electron chi connectivity index (χ1n) is 21.2. The monoisotopic (exact) mass is 908 g/mol. The van der Waals surface area contributed by atoms with Gasteiger partial charge in [-0.2, -0.15) is 0 Å². The van der Waals surface area contributed by atoms with E-state index in [1.165, 1.54) is 17.2 Å². The van der Waals surface area contributed by atoms with Crippen molar-refractivity contribution in [3.63, 3.8) is 0 Å². The molecule has 2 atom stereocenters. The molecular weight excluding hydrogens is 855 g/mol. The van der Waals surface area contributed by atoms with Crippen LogP contribution in [0.25, 0.3) is 15.9 Å². The number of carbonyl (C=O) groups excluding carboxylic acids is 3. The van der Waals surface area contributed by atoms with Crippen LogP contribution in [0.2, 0.25) is 5.02 Å². The first-order chi connectivity index (χ1) is 29.9. The lowest BCUT2D eigenvalue weighted by Crippen LogP contribution is -2.38. The smallest absolute Gasteiger partial charge is 0.251 e. The largest absolute Gasteiger partial charge is 0.355 e. The van der Waals surface area contributed by atoms with Crippen LogP contribution < -0.4 is 16.0 Å². The van der Waals surface area contributed by atoms with Crippen LogP contribution in [0.5, 0.6) is 0 Å². The maximum atomic E-state index is 13.8. The molecule has 11 nitrogen and oxygen atoms in total. The molecule has 0 saturated heterocycles. The van der Waals surface area contributed by atoms with Crippen molar-refractivity contribution < 1.29 is 18.8 Å². The highest BCUT2D eigenvalue weighted by atomic mass is 35.5. The quantitative estimate of drug-likeness (QED) is 0.0571. The number of hydrogen-bond donors (Lipinski definition) is 4. The lowest BCUT2D eigenvalue weighted by Gasteiger charge is -2.35. The highest BCUT2D eigenvalue weighted by molar-refractivity contribution is 7.80. The van der Waals surface area contributed by atoms with Crippen LogP contribution in [0.15, 0.2) is 82.4 Å². The number of nitrogens with zero attached hydrogens (tertiary/aromatic N) is 5. The molecule has 1 unspecified atom stereocenters. The summed E-state index contributed by atoms with van der Waals surface area (Å²) < 4.78 is 15.4. The number of thiol groups is 1. The zero-order valence-electron chi connectivity index (χ0n) is 36.7. The van der Waals surface area contributed by atoms with Gasteiger partial charge in [0.15, 0.2) is 11.6 Å². The molecule has 2 amide bonds. The molecule has 0 bridgehead atoms. The Morgan fingerprint density at radius 3 is 2.48 bits per heavy atom. The van der Waals surface area contributed by atoms with Crippen LogP contribution in [0.4, 0.5) is 4.39 Å². The molecule has 1 aliphatic heterocycles. The number of thiophene rings is 1. The van der Waals surface area contributed by atoms with Crippen molar-refractivity contribution in [2.75, 3.05) is 26.2 Å². The third kappa shape index (κ3) is 10.9. The topological polar surface area (TPSA) is 143 Å². The van der Waals surface area contributed by atoms with Gasteiger partial charge in [-0.25, -0.2) is 4.39 Å². The lowest BCUT2D eigenvalue weighted by molar-refractivity contribution is -0.122. The normalized spacial score (nSPS) is 16.2. The van der Waals surface area contributed by atoms with Crippen LogP contribution in [0.1, 0.15) is 113 Å². The van der Waals surface area contributed by atoms with Crippen molar-refractivity contribution in [3.05, 3.63) is 122 Å². The molecule has 2 aromatic carbocycles. The molecule has 4 heterocycles. The lowest BCUT2D eigenvalue weighted by atomic mass is 9.73. The Kier molecular flexibility index (Phi) is 13.9. The van der Waals surface area contributed by atoms with Crippen molar-refractivity contribution in [3.8, 4) is 5.00 Å². The molecule has 63 heavy (non-hydrogen) atoms. The summed E-state index contributed by atoms with van der Waals surface area (Å²) in [6.07, 6.45) is 7.57. The number of aromatic nitrogens is 4. The van der Waals surface area contributed by atoms with Crippen LogP contribution in [-0.2, 0) is 4.79 Å². The molecule has 330 valence electrons. The standard InChI is InChI=1S/C48H54ClFN8O3S2/c1-27-28(2)63-46-41(27)43(31-10-12-35(49)13-11-31)55-37(44-57-56-29(3)58(44)46)21-40(60)54-26-48(6,7)25-47(4,5)16-17-52-45(61)33-18-32-19-34(23-53-42(32)39(62)20-33)38(59)24-51-22-30-8-14-36(50)15-9-30/h8-14,18-20,23,36-37,51,62H,15-17,21-22,24-26H2,1-7H3,(H,52,61)(H,54,60)/t36?,37-/m0/s1. The van der Waals surface area contributed by atoms with Gasteiger partial charge in [0.05, 0.1) is 24.2 Å². The van der Waals surface area contributed by atoms with Gasteiger partial charge in [0.2, 0.25) is 5.91 Å². The summed E-state index contributed by atoms with van der Waals surface area (Å²) >= 11 is 12.6. The average molecular weight is 910 g/mol. The molecule has 2 aliphatic rings. The number of aliphatic imine (C=N–C) groups is 1. The minimum atomic E-state index is -0.960. The maximum absolute atomic E-state index is 13.8. The van der Waals surface area contributed by atoms with E-state index in [0.717, 1.165) is 45.2 Å². The van der Waals surface area contributed by atoms with Gasteiger partial charge in [0.25, 0.3) is 5.91 Å². The number of hydrogen-bond acceptors (Lipinski definition) is 10. The van der Waals surface area contributed by atoms with E-state index in [1.807, 2.05) is 41.8 Å². The van der Waals surface area contributed by atoms with Gasteiger partial charge in [-0.15, -0.1) is 34.2 Å². The Hall–Kier alpha value is -5.02. The Balaban J connectivity index is 0.940. The van der Waals surface area contributed by atoms with Crippen molar-refractivity contribution in [1.82, 2.24) is 35.7 Å². The number of pyridine rings is 1. The molecule has 0 spiro atoms. The van der Waals surface area contributed by atoms with Gasteiger partial charge < -0.3 is 16.0 Å². The Morgan fingerprint density at radius 2 is 1.75 bits per heavy atom. The summed E-state index contributed by atoms with van der Waals surface area (Å²) in [7, 11) is 0. The summed E-state index contributed by atoms with van der Waals surface area (Å²) in [5, 5.41) is 20.6. The van der Waals surface area contributed by atoms with E-state index in [0.29, 0.717) is 70.2 Å². The fourth-order valence-corrected chi connectivity index (χ4v) is 10.2. The van der Waals surface area contributed by atoms with Crippen molar-refractivity contribution in [2.45, 2.75) is 91.3 Å². The second-order valence-electron chi connectivity index (χ2n) is 18.1. The number of alkyl halides is 1.